The van der Waals surface area contributed by atoms with Crippen molar-refractivity contribution in [2.75, 3.05) is 19.5 Å². The zero-order chi connectivity index (χ0) is 20.7. The molecule has 0 aliphatic rings. The number of ether oxygens (including phenoxy) is 1. The van der Waals surface area contributed by atoms with Crippen molar-refractivity contribution in [1.29, 1.82) is 0 Å². The Labute approximate surface area is 177 Å². The van der Waals surface area contributed by atoms with E-state index < -0.39 is 23.8 Å². The number of amides is 2. The van der Waals surface area contributed by atoms with Gasteiger partial charge in [-0.05, 0) is 23.3 Å². The zero-order valence-electron chi connectivity index (χ0n) is 14.8. The summed E-state index contributed by atoms with van der Waals surface area (Å²) in [5.74, 6) is -2.19. The highest BCUT2D eigenvalue weighted by Crippen LogP contribution is 2.31. The van der Waals surface area contributed by atoms with E-state index in [4.69, 9.17) is 34.8 Å². The molecule has 2 rings (SSSR count). The van der Waals surface area contributed by atoms with Crippen LogP contribution in [-0.4, -0.2) is 43.4 Å². The van der Waals surface area contributed by atoms with Gasteiger partial charge in [0.25, 0.3) is 5.91 Å². The molecule has 2 aromatic rings. The molecule has 0 aliphatic carbocycles. The van der Waals surface area contributed by atoms with Gasteiger partial charge in [0.1, 0.15) is 11.9 Å². The first-order valence-corrected chi connectivity index (χ1v) is 9.42. The first-order chi connectivity index (χ1) is 13.4. The number of esters is 1. The smallest absolute Gasteiger partial charge is 0.330 e. The summed E-state index contributed by atoms with van der Waals surface area (Å²) in [4.78, 5) is 35.9. The molecule has 6 nitrogen and oxygen atoms in total. The first-order valence-electron chi connectivity index (χ1n) is 8.13. The lowest BCUT2D eigenvalue weighted by atomic mass is 10.0. The van der Waals surface area contributed by atoms with Crippen LogP contribution in [0.1, 0.15) is 10.4 Å². The van der Waals surface area contributed by atoms with Crippen LogP contribution in [0.4, 0.5) is 0 Å². The van der Waals surface area contributed by atoms with Crippen LogP contribution in [0.25, 0.3) is 11.1 Å². The Kier molecular flexibility index (Phi) is 8.11. The summed E-state index contributed by atoms with van der Waals surface area (Å²) in [6, 6.07) is 11.5. The summed E-state index contributed by atoms with van der Waals surface area (Å²) in [7, 11) is 1.17. The molecule has 0 saturated heterocycles. The van der Waals surface area contributed by atoms with Gasteiger partial charge in [0.05, 0.1) is 22.7 Å². The fourth-order valence-corrected chi connectivity index (χ4v) is 3.17. The fraction of sp³-hybridized carbons (Fsp3) is 0.211. The monoisotopic (exact) mass is 442 g/mol. The van der Waals surface area contributed by atoms with Crippen molar-refractivity contribution >= 4 is 52.6 Å². The summed E-state index contributed by atoms with van der Waals surface area (Å²) >= 11 is 18.0. The molecule has 0 aromatic heterocycles. The normalized spacial score (nSPS) is 11.4. The topological polar surface area (TPSA) is 84.5 Å². The van der Waals surface area contributed by atoms with Gasteiger partial charge < -0.3 is 15.4 Å². The van der Waals surface area contributed by atoms with Crippen molar-refractivity contribution in [2.45, 2.75) is 6.04 Å². The number of alkyl halides is 1. The van der Waals surface area contributed by atoms with Crippen LogP contribution >= 0.6 is 34.8 Å². The Morgan fingerprint density at radius 1 is 1.04 bits per heavy atom. The SMILES string of the molecule is COC(=O)[C@H](CNC(=O)CCl)NC(=O)c1c(Cl)cc(-c2ccccc2)cc1Cl. The predicted octanol–water partition coefficient (Wildman–Crippen LogP) is 3.29. The Hall–Kier alpha value is -2.28. The third kappa shape index (κ3) is 5.61. The Bertz CT molecular complexity index is 852. The second-order valence-electron chi connectivity index (χ2n) is 5.67. The van der Waals surface area contributed by atoms with Crippen LogP contribution < -0.4 is 10.6 Å². The summed E-state index contributed by atoms with van der Waals surface area (Å²) in [6.45, 7) is -0.193. The van der Waals surface area contributed by atoms with Crippen LogP contribution in [-0.2, 0) is 14.3 Å². The van der Waals surface area contributed by atoms with E-state index in [1.807, 2.05) is 30.3 Å². The number of rotatable bonds is 7. The highest BCUT2D eigenvalue weighted by molar-refractivity contribution is 6.40. The molecule has 28 heavy (non-hydrogen) atoms. The van der Waals surface area contributed by atoms with Crippen LogP contribution in [0.2, 0.25) is 10.0 Å². The average molecular weight is 444 g/mol. The van der Waals surface area contributed by atoms with Gasteiger partial charge in [0.2, 0.25) is 5.91 Å². The molecule has 1 atom stereocenters. The van der Waals surface area contributed by atoms with Gasteiger partial charge in [-0.25, -0.2) is 4.79 Å². The summed E-state index contributed by atoms with van der Waals surface area (Å²) in [5.41, 5.74) is 1.64. The highest BCUT2D eigenvalue weighted by atomic mass is 35.5. The zero-order valence-corrected chi connectivity index (χ0v) is 17.1. The fourth-order valence-electron chi connectivity index (χ4n) is 2.42. The van der Waals surface area contributed by atoms with Crippen molar-refractivity contribution in [1.82, 2.24) is 10.6 Å². The lowest BCUT2D eigenvalue weighted by molar-refractivity contribution is -0.142. The van der Waals surface area contributed by atoms with E-state index in [2.05, 4.69) is 15.4 Å². The maximum Gasteiger partial charge on any atom is 0.330 e. The van der Waals surface area contributed by atoms with Gasteiger partial charge in [-0.1, -0.05) is 53.5 Å². The van der Waals surface area contributed by atoms with Crippen molar-refractivity contribution in [3.63, 3.8) is 0 Å². The predicted molar refractivity (Wildman–Crippen MR) is 109 cm³/mol. The molecule has 0 heterocycles. The minimum Gasteiger partial charge on any atom is -0.467 e. The molecular formula is C19H17Cl3N2O4. The standard InChI is InChI=1S/C19H17Cl3N2O4/c1-28-19(27)15(10-23-16(25)9-20)24-18(26)17-13(21)7-12(8-14(17)22)11-5-3-2-4-6-11/h2-8,15H,9-10H2,1H3,(H,23,25)(H,24,26)/t15-/m0/s1. The number of benzene rings is 2. The van der Waals surface area contributed by atoms with E-state index in [1.165, 1.54) is 7.11 Å². The maximum absolute atomic E-state index is 12.7. The molecule has 0 radical (unpaired) electrons. The minimum absolute atomic E-state index is 0.0144. The summed E-state index contributed by atoms with van der Waals surface area (Å²) in [6.07, 6.45) is 0. The van der Waals surface area contributed by atoms with Crippen molar-refractivity contribution in [3.8, 4) is 11.1 Å². The van der Waals surface area contributed by atoms with E-state index in [0.29, 0.717) is 0 Å². The van der Waals surface area contributed by atoms with Crippen LogP contribution in [0.3, 0.4) is 0 Å². The van der Waals surface area contributed by atoms with Crippen LogP contribution in [0.5, 0.6) is 0 Å². The number of halogens is 3. The summed E-state index contributed by atoms with van der Waals surface area (Å²) < 4.78 is 4.65. The number of carbonyl (C=O) groups excluding carboxylic acids is 3. The lowest BCUT2D eigenvalue weighted by Gasteiger charge is -2.18. The number of hydrogen-bond donors (Lipinski definition) is 2. The van der Waals surface area contributed by atoms with E-state index in [-0.39, 0.29) is 28.0 Å². The van der Waals surface area contributed by atoms with Gasteiger partial charge in [-0.15, -0.1) is 11.6 Å². The molecular weight excluding hydrogens is 427 g/mol. The third-order valence-corrected chi connectivity index (χ3v) is 4.63. The van der Waals surface area contributed by atoms with Crippen molar-refractivity contribution < 1.29 is 19.1 Å². The molecule has 2 amide bonds. The number of nitrogens with one attached hydrogen (secondary N) is 2. The van der Waals surface area contributed by atoms with Gasteiger partial charge in [0.15, 0.2) is 0 Å². The largest absolute Gasteiger partial charge is 0.467 e. The second kappa shape index (κ2) is 10.3. The van der Waals surface area contributed by atoms with Crippen LogP contribution in [0, 0.1) is 0 Å². The van der Waals surface area contributed by atoms with Crippen molar-refractivity contribution in [3.05, 3.63) is 58.1 Å². The quantitative estimate of drug-likeness (QED) is 0.508. The molecule has 2 N–H and O–H groups in total. The Balaban J connectivity index is 2.24. The molecule has 9 heteroatoms. The highest BCUT2D eigenvalue weighted by Gasteiger charge is 2.25. The van der Waals surface area contributed by atoms with Crippen molar-refractivity contribution in [2.24, 2.45) is 0 Å². The molecule has 0 aliphatic heterocycles. The van der Waals surface area contributed by atoms with E-state index >= 15 is 0 Å². The molecule has 148 valence electrons. The van der Waals surface area contributed by atoms with E-state index in [0.717, 1.165) is 11.1 Å². The van der Waals surface area contributed by atoms with Crippen LogP contribution in [0.15, 0.2) is 42.5 Å². The Morgan fingerprint density at radius 3 is 2.18 bits per heavy atom. The van der Waals surface area contributed by atoms with E-state index in [9.17, 15) is 14.4 Å². The molecule has 0 saturated carbocycles. The number of carbonyl (C=O) groups is 3. The number of hydrogen-bond acceptors (Lipinski definition) is 4. The third-order valence-electron chi connectivity index (χ3n) is 3.79. The van der Waals surface area contributed by atoms with Gasteiger partial charge >= 0.3 is 5.97 Å². The molecule has 0 fully saturated rings. The molecule has 0 spiro atoms. The maximum atomic E-state index is 12.7. The molecule has 0 unspecified atom stereocenters. The van der Waals surface area contributed by atoms with Gasteiger partial charge in [-0.3, -0.25) is 9.59 Å². The Morgan fingerprint density at radius 2 is 1.64 bits per heavy atom. The minimum atomic E-state index is -1.13. The molecule has 0 bridgehead atoms. The summed E-state index contributed by atoms with van der Waals surface area (Å²) in [5, 5.41) is 5.12. The van der Waals surface area contributed by atoms with E-state index in [1.54, 1.807) is 12.1 Å². The second-order valence-corrected chi connectivity index (χ2v) is 6.75. The number of methoxy groups -OCH3 is 1. The first kappa shape index (κ1) is 22.0. The molecule has 2 aromatic carbocycles. The lowest BCUT2D eigenvalue weighted by Crippen LogP contribution is -2.49. The average Bonchev–Trinajstić information content (AvgIpc) is 2.70. The van der Waals surface area contributed by atoms with Gasteiger partial charge in [-0.2, -0.15) is 0 Å². The van der Waals surface area contributed by atoms with Gasteiger partial charge in [0, 0.05) is 6.54 Å².